The lowest BCUT2D eigenvalue weighted by atomic mass is 9.71. The van der Waals surface area contributed by atoms with Gasteiger partial charge >= 0.3 is 0 Å². The molecule has 0 saturated heterocycles. The number of hydrogen-bond acceptors (Lipinski definition) is 2. The van der Waals surface area contributed by atoms with Crippen LogP contribution in [0.15, 0.2) is 24.3 Å². The van der Waals surface area contributed by atoms with Crippen LogP contribution in [-0.2, 0) is 17.3 Å². The molecule has 0 aliphatic heterocycles. The van der Waals surface area contributed by atoms with Crippen LogP contribution in [0.1, 0.15) is 109 Å². The number of hydrogen-bond donors (Lipinski definition) is 2. The number of aromatic hydroxyl groups is 2. The molecule has 0 aromatic heterocycles. The highest BCUT2D eigenvalue weighted by Crippen LogP contribution is 2.42. The molecular weight excluding hydrogens is 392 g/mol. The second-order valence-corrected chi connectivity index (χ2v) is 12.9. The van der Waals surface area contributed by atoms with Crippen LogP contribution in [0.5, 0.6) is 11.5 Å². The van der Waals surface area contributed by atoms with Gasteiger partial charge in [0.1, 0.15) is 11.5 Å². The third-order valence-corrected chi connectivity index (χ3v) is 6.48. The van der Waals surface area contributed by atoms with E-state index in [0.717, 1.165) is 41.5 Å². The molecule has 2 heteroatoms. The van der Waals surface area contributed by atoms with Gasteiger partial charge in [0.25, 0.3) is 0 Å². The van der Waals surface area contributed by atoms with Crippen molar-refractivity contribution in [1.29, 1.82) is 0 Å². The molecule has 2 aromatic carbocycles. The molecule has 2 aromatic rings. The van der Waals surface area contributed by atoms with Gasteiger partial charge in [-0.25, -0.2) is 0 Å². The molecule has 0 radical (unpaired) electrons. The fourth-order valence-electron chi connectivity index (χ4n) is 5.73. The van der Waals surface area contributed by atoms with Crippen LogP contribution in [0, 0.1) is 25.2 Å². The summed E-state index contributed by atoms with van der Waals surface area (Å²) in [6, 6.07) is 8.58. The largest absolute Gasteiger partial charge is 0.507 e. The van der Waals surface area contributed by atoms with Gasteiger partial charge in [0.2, 0.25) is 0 Å². The zero-order valence-corrected chi connectivity index (χ0v) is 22.4. The standard InChI is InChI=1S/C30H46O2/c1-19(2)17-29(8,9)24-15-22(12-20(3)26(24)31)14-23-13-21(4)27(32)25(16-23)30(10,11)18-28(5,6)7/h12-13,15-16,19,31-32H,14,17-18H2,1-11H3. The molecule has 2 nitrogen and oxygen atoms in total. The van der Waals surface area contributed by atoms with Crippen LogP contribution in [-0.4, -0.2) is 10.2 Å². The summed E-state index contributed by atoms with van der Waals surface area (Å²) in [6.07, 6.45) is 2.79. The van der Waals surface area contributed by atoms with Gasteiger partial charge in [-0.3, -0.25) is 0 Å². The summed E-state index contributed by atoms with van der Waals surface area (Å²) in [6.45, 7) is 24.1. The lowest BCUT2D eigenvalue weighted by Gasteiger charge is -2.34. The second-order valence-electron chi connectivity index (χ2n) is 12.9. The number of aryl methyl sites for hydroxylation is 2. The highest BCUT2D eigenvalue weighted by Gasteiger charge is 2.31. The Morgan fingerprint density at radius 2 is 1.09 bits per heavy atom. The van der Waals surface area contributed by atoms with Crippen molar-refractivity contribution in [2.45, 2.75) is 106 Å². The first-order valence-corrected chi connectivity index (χ1v) is 12.1. The van der Waals surface area contributed by atoms with E-state index in [2.05, 4.69) is 86.6 Å². The predicted molar refractivity (Wildman–Crippen MR) is 138 cm³/mol. The van der Waals surface area contributed by atoms with Crippen molar-refractivity contribution in [3.63, 3.8) is 0 Å². The summed E-state index contributed by atoms with van der Waals surface area (Å²) in [5.74, 6) is 1.40. The van der Waals surface area contributed by atoms with E-state index >= 15 is 0 Å². The maximum atomic E-state index is 10.9. The summed E-state index contributed by atoms with van der Waals surface area (Å²) in [5, 5.41) is 21.7. The molecule has 0 unspecified atom stereocenters. The minimum Gasteiger partial charge on any atom is -0.507 e. The molecule has 178 valence electrons. The van der Waals surface area contributed by atoms with E-state index < -0.39 is 0 Å². The Morgan fingerprint density at radius 1 is 0.688 bits per heavy atom. The minimum atomic E-state index is -0.127. The molecule has 2 rings (SSSR count). The molecule has 0 aliphatic carbocycles. The van der Waals surface area contributed by atoms with Gasteiger partial charge in [-0.1, -0.05) is 86.6 Å². The lowest BCUT2D eigenvalue weighted by molar-refractivity contribution is 0.278. The minimum absolute atomic E-state index is 0.0935. The van der Waals surface area contributed by atoms with Crippen LogP contribution in [0.2, 0.25) is 0 Å². The number of phenols is 2. The number of phenolic OH excluding ortho intramolecular Hbond substituents is 2. The van der Waals surface area contributed by atoms with E-state index in [1.54, 1.807) is 0 Å². The first-order valence-electron chi connectivity index (χ1n) is 12.1. The summed E-state index contributed by atoms with van der Waals surface area (Å²) in [7, 11) is 0. The SMILES string of the molecule is Cc1cc(Cc2cc(C)c(O)c(C(C)(C)CC(C)(C)C)c2)cc(C(C)(C)CC(C)C)c1O. The van der Waals surface area contributed by atoms with Gasteiger partial charge in [0.05, 0.1) is 0 Å². The topological polar surface area (TPSA) is 40.5 Å². The molecule has 0 heterocycles. The quantitative estimate of drug-likeness (QED) is 0.456. The molecule has 0 amide bonds. The van der Waals surface area contributed by atoms with Gasteiger partial charge in [-0.2, -0.15) is 0 Å². The molecule has 0 aliphatic rings. The number of rotatable bonds is 7. The maximum absolute atomic E-state index is 10.9. The average molecular weight is 439 g/mol. The molecule has 2 N–H and O–H groups in total. The summed E-state index contributed by atoms with van der Waals surface area (Å²) >= 11 is 0. The van der Waals surface area contributed by atoms with Crippen molar-refractivity contribution in [3.05, 3.63) is 57.6 Å². The van der Waals surface area contributed by atoms with E-state index in [1.165, 1.54) is 11.1 Å². The maximum Gasteiger partial charge on any atom is 0.122 e. The van der Waals surface area contributed by atoms with Gasteiger partial charge in [0.15, 0.2) is 0 Å². The average Bonchev–Trinajstić information content (AvgIpc) is 2.57. The van der Waals surface area contributed by atoms with Crippen molar-refractivity contribution < 1.29 is 10.2 Å². The van der Waals surface area contributed by atoms with Crippen LogP contribution >= 0.6 is 0 Å². The fraction of sp³-hybridized carbons (Fsp3) is 0.600. The fourth-order valence-corrected chi connectivity index (χ4v) is 5.73. The molecule has 0 saturated carbocycles. The Labute approximate surface area is 197 Å². The molecule has 32 heavy (non-hydrogen) atoms. The normalized spacial score (nSPS) is 13.1. The van der Waals surface area contributed by atoms with Crippen molar-refractivity contribution in [3.8, 4) is 11.5 Å². The Balaban J connectivity index is 2.51. The highest BCUT2D eigenvalue weighted by atomic mass is 16.3. The van der Waals surface area contributed by atoms with Crippen molar-refractivity contribution in [2.75, 3.05) is 0 Å². The van der Waals surface area contributed by atoms with Gasteiger partial charge in [-0.05, 0) is 77.5 Å². The van der Waals surface area contributed by atoms with E-state index in [0.29, 0.717) is 17.4 Å². The molecule has 0 bridgehead atoms. The highest BCUT2D eigenvalue weighted by molar-refractivity contribution is 5.50. The van der Waals surface area contributed by atoms with E-state index in [4.69, 9.17) is 0 Å². The van der Waals surface area contributed by atoms with Gasteiger partial charge < -0.3 is 10.2 Å². The smallest absolute Gasteiger partial charge is 0.122 e. The first kappa shape index (κ1) is 26.3. The molecule has 0 fully saturated rings. The third-order valence-electron chi connectivity index (χ3n) is 6.48. The Hall–Kier alpha value is -1.96. The Kier molecular flexibility index (Phi) is 7.49. The summed E-state index contributed by atoms with van der Waals surface area (Å²) in [4.78, 5) is 0. The lowest BCUT2D eigenvalue weighted by Crippen LogP contribution is -2.25. The molecular formula is C30H46O2. The Bertz CT molecular complexity index is 956. The van der Waals surface area contributed by atoms with E-state index in [1.807, 2.05) is 13.8 Å². The van der Waals surface area contributed by atoms with Crippen molar-refractivity contribution >= 4 is 0 Å². The predicted octanol–water partition coefficient (Wildman–Crippen LogP) is 8.34. The van der Waals surface area contributed by atoms with Crippen LogP contribution in [0.3, 0.4) is 0 Å². The first-order chi connectivity index (χ1) is 14.4. The van der Waals surface area contributed by atoms with Crippen LogP contribution < -0.4 is 0 Å². The zero-order chi connectivity index (χ0) is 24.6. The zero-order valence-electron chi connectivity index (χ0n) is 22.4. The van der Waals surface area contributed by atoms with E-state index in [9.17, 15) is 10.2 Å². The molecule has 0 spiro atoms. The van der Waals surface area contributed by atoms with Gasteiger partial charge in [-0.15, -0.1) is 0 Å². The number of benzene rings is 2. The van der Waals surface area contributed by atoms with Crippen molar-refractivity contribution in [2.24, 2.45) is 11.3 Å². The summed E-state index contributed by atoms with van der Waals surface area (Å²) < 4.78 is 0. The second kappa shape index (κ2) is 9.12. The van der Waals surface area contributed by atoms with Crippen LogP contribution in [0.25, 0.3) is 0 Å². The monoisotopic (exact) mass is 438 g/mol. The third kappa shape index (κ3) is 6.30. The molecule has 0 atom stereocenters. The summed E-state index contributed by atoms with van der Waals surface area (Å²) in [5.41, 5.74) is 6.27. The van der Waals surface area contributed by atoms with E-state index in [-0.39, 0.29) is 16.2 Å². The van der Waals surface area contributed by atoms with Crippen LogP contribution in [0.4, 0.5) is 0 Å². The van der Waals surface area contributed by atoms with Gasteiger partial charge in [0, 0.05) is 11.1 Å². The Morgan fingerprint density at radius 3 is 1.47 bits per heavy atom. The van der Waals surface area contributed by atoms with Crippen molar-refractivity contribution in [1.82, 2.24) is 0 Å².